The molecule has 2 aliphatic rings. The highest BCUT2D eigenvalue weighted by Gasteiger charge is 2.34. The summed E-state index contributed by atoms with van der Waals surface area (Å²) in [5.41, 5.74) is 6.91. The molecule has 8 heteroatoms. The van der Waals surface area contributed by atoms with E-state index >= 15 is 0 Å². The lowest BCUT2D eigenvalue weighted by atomic mass is 10.0. The minimum absolute atomic E-state index is 0.0397. The van der Waals surface area contributed by atoms with Crippen molar-refractivity contribution < 1.29 is 4.39 Å². The average molecular weight is 361 g/mol. The summed E-state index contributed by atoms with van der Waals surface area (Å²) >= 11 is 0. The number of nitrogens with two attached hydrogens (primary N) is 2. The third-order valence-electron chi connectivity index (χ3n) is 5.81. The zero-order valence-corrected chi connectivity index (χ0v) is 15.0. The number of aryl methyl sites for hydroxylation is 1. The maximum atomic E-state index is 15.0. The van der Waals surface area contributed by atoms with Gasteiger partial charge in [-0.1, -0.05) is 0 Å². The molecule has 1 saturated heterocycles. The molecule has 7 nitrogen and oxygen atoms in total. The predicted molar refractivity (Wildman–Crippen MR) is 98.7 cm³/mol. The van der Waals surface area contributed by atoms with Crippen LogP contribution in [0, 0.1) is 18.7 Å². The summed E-state index contributed by atoms with van der Waals surface area (Å²) in [7, 11) is 0. The number of fused-ring (bicyclic) bond motifs is 1. The third kappa shape index (κ3) is 2.43. The van der Waals surface area contributed by atoms with Crippen LogP contribution < -0.4 is 27.7 Å². The molecule has 4 rings (SSSR count). The van der Waals surface area contributed by atoms with Gasteiger partial charge < -0.3 is 16.5 Å². The average Bonchev–Trinajstić information content (AvgIpc) is 3.30. The lowest BCUT2D eigenvalue weighted by Gasteiger charge is -2.24. The van der Waals surface area contributed by atoms with Gasteiger partial charge in [0, 0.05) is 30.3 Å². The number of rotatable bonds is 3. The standard InChI is InChI=1S/C18H24FN5O2/c1-9-15(22-6-5-12(7-22)10(2)20)13(19)8-23-16(9)14(11-3-4-11)17(25)24(21)18(23)26/h8,10-12H,3-7,20-21H2,1-2H3/t10-,12-/m1/s1. The third-order valence-corrected chi connectivity index (χ3v) is 5.81. The molecule has 0 radical (unpaired) electrons. The molecule has 2 aromatic rings. The fourth-order valence-corrected chi connectivity index (χ4v) is 4.18. The molecule has 0 amide bonds. The van der Waals surface area contributed by atoms with Crippen LogP contribution in [0.2, 0.25) is 0 Å². The zero-order chi connectivity index (χ0) is 18.7. The molecule has 140 valence electrons. The molecule has 26 heavy (non-hydrogen) atoms. The van der Waals surface area contributed by atoms with Crippen LogP contribution in [0.25, 0.3) is 5.52 Å². The molecule has 1 aliphatic heterocycles. The minimum atomic E-state index is -0.724. The summed E-state index contributed by atoms with van der Waals surface area (Å²) in [4.78, 5) is 27.0. The molecule has 1 aliphatic carbocycles. The quantitative estimate of drug-likeness (QED) is 0.783. The molecule has 3 heterocycles. The first-order valence-electron chi connectivity index (χ1n) is 9.07. The van der Waals surface area contributed by atoms with E-state index in [9.17, 15) is 14.0 Å². The summed E-state index contributed by atoms with van der Waals surface area (Å²) in [5.74, 6) is 5.55. The number of hydrogen-bond donors (Lipinski definition) is 2. The number of halogens is 1. The first-order chi connectivity index (χ1) is 12.3. The van der Waals surface area contributed by atoms with Crippen LogP contribution in [0.3, 0.4) is 0 Å². The van der Waals surface area contributed by atoms with Crippen molar-refractivity contribution in [2.24, 2.45) is 11.7 Å². The summed E-state index contributed by atoms with van der Waals surface area (Å²) in [6, 6.07) is 0.0397. The van der Waals surface area contributed by atoms with Gasteiger partial charge in [-0.2, -0.15) is 4.68 Å². The monoisotopic (exact) mass is 361 g/mol. The van der Waals surface area contributed by atoms with Crippen molar-refractivity contribution in [1.82, 2.24) is 9.08 Å². The van der Waals surface area contributed by atoms with Crippen molar-refractivity contribution >= 4 is 11.2 Å². The van der Waals surface area contributed by atoms with E-state index in [1.54, 1.807) is 6.92 Å². The van der Waals surface area contributed by atoms with Crippen LogP contribution in [0.15, 0.2) is 15.8 Å². The lowest BCUT2D eigenvalue weighted by molar-refractivity contribution is 0.487. The Bertz CT molecular complexity index is 1010. The van der Waals surface area contributed by atoms with E-state index in [0.29, 0.717) is 46.0 Å². The van der Waals surface area contributed by atoms with Gasteiger partial charge in [-0.25, -0.2) is 9.18 Å². The van der Waals surface area contributed by atoms with Crippen LogP contribution in [0.4, 0.5) is 10.1 Å². The van der Waals surface area contributed by atoms with Gasteiger partial charge in [-0.15, -0.1) is 0 Å². The van der Waals surface area contributed by atoms with Crippen LogP contribution in [0.1, 0.15) is 43.2 Å². The summed E-state index contributed by atoms with van der Waals surface area (Å²) < 4.78 is 16.7. The normalized spacial score (nSPS) is 21.5. The second kappa shape index (κ2) is 5.84. The Balaban J connectivity index is 1.97. The zero-order valence-electron chi connectivity index (χ0n) is 15.0. The second-order valence-corrected chi connectivity index (χ2v) is 7.67. The molecule has 4 N–H and O–H groups in total. The van der Waals surface area contributed by atoms with Crippen molar-refractivity contribution in [1.29, 1.82) is 0 Å². The Morgan fingerprint density at radius 1 is 1.27 bits per heavy atom. The van der Waals surface area contributed by atoms with E-state index in [0.717, 1.165) is 25.5 Å². The molecule has 2 aromatic heterocycles. The van der Waals surface area contributed by atoms with Gasteiger partial charge >= 0.3 is 5.69 Å². The minimum Gasteiger partial charge on any atom is -0.368 e. The van der Waals surface area contributed by atoms with Crippen molar-refractivity contribution in [3.05, 3.63) is 44.0 Å². The highest BCUT2D eigenvalue weighted by molar-refractivity contribution is 5.72. The molecule has 2 fully saturated rings. The van der Waals surface area contributed by atoms with Crippen LogP contribution >= 0.6 is 0 Å². The molecule has 0 unspecified atom stereocenters. The number of anilines is 1. The Hall–Kier alpha value is -2.35. The van der Waals surface area contributed by atoms with E-state index in [2.05, 4.69) is 0 Å². The largest absolute Gasteiger partial charge is 0.368 e. The van der Waals surface area contributed by atoms with Gasteiger partial charge in [0.05, 0.1) is 17.4 Å². The summed E-state index contributed by atoms with van der Waals surface area (Å²) in [6.07, 6.45) is 3.82. The van der Waals surface area contributed by atoms with Crippen molar-refractivity contribution in [2.45, 2.75) is 45.1 Å². The summed E-state index contributed by atoms with van der Waals surface area (Å²) in [6.45, 7) is 5.12. The fourth-order valence-electron chi connectivity index (χ4n) is 4.18. The van der Waals surface area contributed by atoms with Gasteiger partial charge in [-0.05, 0) is 44.9 Å². The van der Waals surface area contributed by atoms with E-state index in [1.807, 2.05) is 11.8 Å². The lowest BCUT2D eigenvalue weighted by Crippen LogP contribution is -2.44. The number of hydrogen-bond acceptors (Lipinski definition) is 5. The number of aromatic nitrogens is 2. The Morgan fingerprint density at radius 3 is 2.54 bits per heavy atom. The van der Waals surface area contributed by atoms with Crippen molar-refractivity contribution in [3.8, 4) is 0 Å². The molecular weight excluding hydrogens is 337 g/mol. The Kier molecular flexibility index (Phi) is 3.83. The number of nitrogen functional groups attached to an aromatic ring is 1. The first kappa shape index (κ1) is 17.1. The number of nitrogens with zero attached hydrogens (tertiary/aromatic N) is 3. The van der Waals surface area contributed by atoms with Crippen molar-refractivity contribution in [3.63, 3.8) is 0 Å². The topological polar surface area (TPSA) is 98.8 Å². The van der Waals surface area contributed by atoms with Gasteiger partial charge in [0.25, 0.3) is 5.56 Å². The predicted octanol–water partition coefficient (Wildman–Crippen LogP) is 0.673. The smallest absolute Gasteiger partial charge is 0.354 e. The number of pyridine rings is 1. The SMILES string of the molecule is Cc1c(N2CC[C@@H]([C@@H](C)N)C2)c(F)cn2c(=O)n(N)c(=O)c(C3CC3)c12. The molecule has 0 aromatic carbocycles. The second-order valence-electron chi connectivity index (χ2n) is 7.67. The maximum Gasteiger partial charge on any atom is 0.354 e. The van der Waals surface area contributed by atoms with E-state index in [1.165, 1.54) is 4.40 Å². The molecule has 1 saturated carbocycles. The molecule has 0 bridgehead atoms. The van der Waals surface area contributed by atoms with E-state index in [-0.39, 0.29) is 12.0 Å². The maximum absolute atomic E-state index is 15.0. The molecular formula is C18H24FN5O2. The van der Waals surface area contributed by atoms with Gasteiger partial charge in [0.15, 0.2) is 5.82 Å². The first-order valence-corrected chi connectivity index (χ1v) is 9.07. The fraction of sp³-hybridized carbons (Fsp3) is 0.556. The van der Waals surface area contributed by atoms with Gasteiger partial charge in [-0.3, -0.25) is 9.20 Å². The van der Waals surface area contributed by atoms with Crippen LogP contribution in [-0.4, -0.2) is 28.2 Å². The van der Waals surface area contributed by atoms with Gasteiger partial charge in [0.1, 0.15) is 0 Å². The van der Waals surface area contributed by atoms with Crippen molar-refractivity contribution in [2.75, 3.05) is 23.8 Å². The molecule has 2 atom stereocenters. The van der Waals surface area contributed by atoms with Crippen LogP contribution in [0.5, 0.6) is 0 Å². The highest BCUT2D eigenvalue weighted by Crippen LogP contribution is 2.42. The van der Waals surface area contributed by atoms with E-state index in [4.69, 9.17) is 11.6 Å². The Labute approximate surface area is 150 Å². The van der Waals surface area contributed by atoms with E-state index < -0.39 is 17.1 Å². The van der Waals surface area contributed by atoms with Crippen LogP contribution in [-0.2, 0) is 0 Å². The van der Waals surface area contributed by atoms with Gasteiger partial charge in [0.2, 0.25) is 0 Å². The molecule has 0 spiro atoms. The Morgan fingerprint density at radius 2 is 1.96 bits per heavy atom. The summed E-state index contributed by atoms with van der Waals surface area (Å²) in [5, 5.41) is 0. The highest BCUT2D eigenvalue weighted by atomic mass is 19.1.